The number of hydrogen-bond acceptors (Lipinski definition) is 0. The Morgan fingerprint density at radius 2 is 0.680 bits per heavy atom. The fourth-order valence-corrected chi connectivity index (χ4v) is 5.15. The summed E-state index contributed by atoms with van der Waals surface area (Å²) < 4.78 is 0. The van der Waals surface area contributed by atoms with Crippen molar-refractivity contribution in [3.8, 4) is 0 Å². The summed E-state index contributed by atoms with van der Waals surface area (Å²) in [6, 6.07) is 1.29. The molecule has 0 aliphatic rings. The molecule has 0 aliphatic carbocycles. The Labute approximate surface area is 170 Å². The maximum absolute atomic E-state index is 6.35. The molecule has 0 saturated carbocycles. The van der Waals surface area contributed by atoms with Crippen LogP contribution in [0, 0.1) is 0 Å². The van der Waals surface area contributed by atoms with Crippen LogP contribution in [-0.2, 0) is 0 Å². The van der Waals surface area contributed by atoms with Crippen LogP contribution in [0.2, 0.25) is 19.1 Å². The lowest BCUT2D eigenvalue weighted by molar-refractivity contribution is 0.526. The molecular formula is C22H46Cl2Si. The average Bonchev–Trinajstić information content (AvgIpc) is 2.56. The van der Waals surface area contributed by atoms with E-state index in [4.69, 9.17) is 22.7 Å². The highest BCUT2D eigenvalue weighted by atomic mass is 35.6. The lowest BCUT2D eigenvalue weighted by Crippen LogP contribution is -2.14. The highest BCUT2D eigenvalue weighted by Crippen LogP contribution is 2.19. The van der Waals surface area contributed by atoms with E-state index in [9.17, 15) is 0 Å². The topological polar surface area (TPSA) is 0 Å². The quantitative estimate of drug-likeness (QED) is 0.0812. The Balaban J connectivity index is 3.01. The average molecular weight is 410 g/mol. The van der Waals surface area contributed by atoms with Gasteiger partial charge in [-0.25, -0.2) is 0 Å². The minimum Gasteiger partial charge on any atom is -0.168 e. The first-order chi connectivity index (χ1) is 12.1. The molecule has 0 heterocycles. The Hall–Kier alpha value is 0.797. The van der Waals surface area contributed by atoms with Gasteiger partial charge in [0.2, 0.25) is 0 Å². The molecule has 0 unspecified atom stereocenters. The summed E-state index contributed by atoms with van der Waals surface area (Å²) in [5.41, 5.74) is 0. The smallest absolute Gasteiger partial charge is 0.150 e. The molecule has 0 aliphatic heterocycles. The summed E-state index contributed by atoms with van der Waals surface area (Å²) in [5.74, 6) is 0.842. The second-order valence-corrected chi connectivity index (χ2v) is 15.9. The zero-order valence-electron chi connectivity index (χ0n) is 17.4. The number of rotatable bonds is 20. The Bertz CT molecular complexity index is 251. The van der Waals surface area contributed by atoms with Crippen LogP contribution < -0.4 is 0 Å². The molecule has 0 fully saturated rings. The molecule has 0 aromatic carbocycles. The van der Waals surface area contributed by atoms with Crippen LogP contribution in [0.1, 0.15) is 116 Å². The van der Waals surface area contributed by atoms with E-state index in [1.54, 1.807) is 0 Å². The molecule has 0 aromatic rings. The van der Waals surface area contributed by atoms with E-state index in [1.165, 1.54) is 122 Å². The van der Waals surface area contributed by atoms with Gasteiger partial charge in [0.05, 0.1) is 0 Å². The zero-order chi connectivity index (χ0) is 18.6. The van der Waals surface area contributed by atoms with Gasteiger partial charge >= 0.3 is 0 Å². The van der Waals surface area contributed by atoms with Crippen LogP contribution >= 0.6 is 22.7 Å². The van der Waals surface area contributed by atoms with Crippen LogP contribution in [0.5, 0.6) is 0 Å². The van der Waals surface area contributed by atoms with Gasteiger partial charge in [0.15, 0.2) is 0 Å². The van der Waals surface area contributed by atoms with Crippen molar-refractivity contribution in [1.82, 2.24) is 0 Å². The second-order valence-electron chi connectivity index (χ2n) is 8.52. The van der Waals surface area contributed by atoms with Crippen molar-refractivity contribution in [1.29, 1.82) is 0 Å². The second kappa shape index (κ2) is 19.6. The van der Waals surface area contributed by atoms with Crippen molar-refractivity contribution in [3.05, 3.63) is 0 Å². The first kappa shape index (κ1) is 25.8. The van der Waals surface area contributed by atoms with E-state index in [1.807, 2.05) is 0 Å². The summed E-state index contributed by atoms with van der Waals surface area (Å²) in [7, 11) is -1.30. The number of unbranched alkanes of at least 4 members (excludes halogenated alkanes) is 17. The maximum Gasteiger partial charge on any atom is 0.150 e. The standard InChI is InChI=1S/C22H46Cl2Si/c1-25(2,24)22-20-18-16-14-12-10-8-6-4-3-5-7-9-11-13-15-17-19-21-23/h3-22H2,1-2H3. The number of hydrogen-bond donors (Lipinski definition) is 0. The zero-order valence-corrected chi connectivity index (χ0v) is 19.9. The molecule has 0 spiro atoms. The van der Waals surface area contributed by atoms with Crippen molar-refractivity contribution in [2.45, 2.75) is 135 Å². The van der Waals surface area contributed by atoms with Gasteiger partial charge in [0.1, 0.15) is 7.38 Å². The van der Waals surface area contributed by atoms with Gasteiger partial charge in [-0.2, -0.15) is 11.1 Å². The van der Waals surface area contributed by atoms with E-state index in [0.29, 0.717) is 0 Å². The predicted molar refractivity (Wildman–Crippen MR) is 122 cm³/mol. The largest absolute Gasteiger partial charge is 0.168 e. The molecule has 0 radical (unpaired) electrons. The van der Waals surface area contributed by atoms with Gasteiger partial charge in [-0.1, -0.05) is 122 Å². The summed E-state index contributed by atoms with van der Waals surface area (Å²) in [6.07, 6.45) is 25.5. The van der Waals surface area contributed by atoms with E-state index < -0.39 is 7.38 Å². The summed E-state index contributed by atoms with van der Waals surface area (Å²) >= 11 is 12.0. The van der Waals surface area contributed by atoms with E-state index >= 15 is 0 Å². The molecule has 0 saturated heterocycles. The van der Waals surface area contributed by atoms with Gasteiger partial charge < -0.3 is 0 Å². The van der Waals surface area contributed by atoms with Crippen molar-refractivity contribution in [2.75, 3.05) is 5.88 Å². The summed E-state index contributed by atoms with van der Waals surface area (Å²) in [6.45, 7) is 4.53. The van der Waals surface area contributed by atoms with Gasteiger partial charge in [0.25, 0.3) is 0 Å². The number of alkyl halides is 1. The van der Waals surface area contributed by atoms with Gasteiger partial charge in [-0.15, -0.1) is 11.6 Å². The molecule has 0 bridgehead atoms. The molecule has 0 aromatic heterocycles. The fourth-order valence-electron chi connectivity index (χ4n) is 3.47. The lowest BCUT2D eigenvalue weighted by atomic mass is 10.0. The molecule has 0 rings (SSSR count). The Kier molecular flexibility index (Phi) is 20.2. The molecule has 152 valence electrons. The first-order valence-corrected chi connectivity index (χ1v) is 16.1. The van der Waals surface area contributed by atoms with E-state index in [2.05, 4.69) is 13.1 Å². The minimum absolute atomic E-state index is 0.842. The molecule has 0 amide bonds. The van der Waals surface area contributed by atoms with Crippen molar-refractivity contribution in [3.63, 3.8) is 0 Å². The third kappa shape index (κ3) is 24.8. The maximum atomic E-state index is 6.35. The SMILES string of the molecule is C[Si](C)(Cl)CCCCCCCCCCCCCCCCCCCCCl. The monoisotopic (exact) mass is 408 g/mol. The Morgan fingerprint density at radius 1 is 0.440 bits per heavy atom. The predicted octanol–water partition coefficient (Wildman–Crippen LogP) is 9.69. The number of halogens is 2. The van der Waals surface area contributed by atoms with Crippen LogP contribution in [-0.4, -0.2) is 13.3 Å². The molecular weight excluding hydrogens is 363 g/mol. The highest BCUT2D eigenvalue weighted by Gasteiger charge is 2.15. The minimum atomic E-state index is -1.30. The van der Waals surface area contributed by atoms with Crippen LogP contribution in [0.15, 0.2) is 0 Å². The van der Waals surface area contributed by atoms with E-state index in [0.717, 1.165) is 5.88 Å². The third-order valence-corrected chi connectivity index (χ3v) is 7.53. The van der Waals surface area contributed by atoms with E-state index in [-0.39, 0.29) is 0 Å². The first-order valence-electron chi connectivity index (χ1n) is 11.3. The fraction of sp³-hybridized carbons (Fsp3) is 1.00. The summed E-state index contributed by atoms with van der Waals surface area (Å²) in [4.78, 5) is 0. The molecule has 0 atom stereocenters. The molecule has 25 heavy (non-hydrogen) atoms. The van der Waals surface area contributed by atoms with Gasteiger partial charge in [-0.05, 0) is 12.5 Å². The van der Waals surface area contributed by atoms with Crippen LogP contribution in [0.25, 0.3) is 0 Å². The lowest BCUT2D eigenvalue weighted by Gasteiger charge is -2.11. The van der Waals surface area contributed by atoms with Crippen molar-refractivity contribution >= 4 is 30.1 Å². The van der Waals surface area contributed by atoms with Crippen LogP contribution in [0.3, 0.4) is 0 Å². The molecule has 0 nitrogen and oxygen atoms in total. The van der Waals surface area contributed by atoms with Crippen molar-refractivity contribution in [2.24, 2.45) is 0 Å². The molecule has 0 N–H and O–H groups in total. The third-order valence-electron chi connectivity index (χ3n) is 5.15. The van der Waals surface area contributed by atoms with Gasteiger partial charge in [0, 0.05) is 5.88 Å². The van der Waals surface area contributed by atoms with Crippen LogP contribution in [0.4, 0.5) is 0 Å². The normalized spacial score (nSPS) is 12.0. The summed E-state index contributed by atoms with van der Waals surface area (Å²) in [5, 5.41) is 0. The highest BCUT2D eigenvalue weighted by molar-refractivity contribution is 7.19. The van der Waals surface area contributed by atoms with Gasteiger partial charge in [-0.3, -0.25) is 0 Å². The Morgan fingerprint density at radius 3 is 0.920 bits per heavy atom. The van der Waals surface area contributed by atoms with Crippen molar-refractivity contribution < 1.29 is 0 Å². The molecule has 3 heteroatoms.